The van der Waals surface area contributed by atoms with E-state index in [0.717, 1.165) is 6.07 Å². The van der Waals surface area contributed by atoms with Crippen molar-refractivity contribution in [1.82, 2.24) is 10.9 Å². The highest BCUT2D eigenvalue weighted by molar-refractivity contribution is 6.02. The number of benzene rings is 2. The van der Waals surface area contributed by atoms with Gasteiger partial charge < -0.3 is 9.64 Å². The number of hydrogen-bond acceptors (Lipinski definition) is 4. The van der Waals surface area contributed by atoms with Crippen LogP contribution in [0.5, 0.6) is 5.75 Å². The SMILES string of the molecule is CCOc1ccccc1N1C[C@H](C(=O)NNC(=O)c2ccccc2F)CC1=O. The van der Waals surface area contributed by atoms with E-state index in [1.807, 2.05) is 6.92 Å². The first-order chi connectivity index (χ1) is 13.5. The lowest BCUT2D eigenvalue weighted by Gasteiger charge is -2.20. The lowest BCUT2D eigenvalue weighted by molar-refractivity contribution is -0.126. The molecular weight excluding hydrogens is 365 g/mol. The van der Waals surface area contributed by atoms with Gasteiger partial charge in [0.15, 0.2) is 0 Å². The number of nitrogens with zero attached hydrogens (tertiary/aromatic N) is 1. The number of para-hydroxylation sites is 2. The average Bonchev–Trinajstić information content (AvgIpc) is 3.08. The van der Waals surface area contributed by atoms with Gasteiger partial charge >= 0.3 is 0 Å². The van der Waals surface area contributed by atoms with Crippen molar-refractivity contribution in [2.24, 2.45) is 5.92 Å². The molecule has 1 fully saturated rings. The van der Waals surface area contributed by atoms with Gasteiger partial charge in [-0.15, -0.1) is 0 Å². The maximum absolute atomic E-state index is 13.6. The Hall–Kier alpha value is -3.42. The molecule has 0 unspecified atom stereocenters. The van der Waals surface area contributed by atoms with Gasteiger partial charge in [0.05, 0.1) is 23.8 Å². The van der Waals surface area contributed by atoms with Gasteiger partial charge in [-0.05, 0) is 31.2 Å². The molecule has 2 aromatic carbocycles. The van der Waals surface area contributed by atoms with E-state index in [1.54, 1.807) is 24.3 Å². The van der Waals surface area contributed by atoms with Gasteiger partial charge in [-0.25, -0.2) is 4.39 Å². The van der Waals surface area contributed by atoms with Crippen LogP contribution >= 0.6 is 0 Å². The van der Waals surface area contributed by atoms with Crippen LogP contribution in [0.1, 0.15) is 23.7 Å². The third-order valence-electron chi connectivity index (χ3n) is 4.37. The van der Waals surface area contributed by atoms with Crippen LogP contribution in [-0.4, -0.2) is 30.9 Å². The first kappa shape index (κ1) is 19.3. The van der Waals surface area contributed by atoms with Crippen LogP contribution in [0.15, 0.2) is 48.5 Å². The molecule has 146 valence electrons. The molecule has 1 aliphatic heterocycles. The summed E-state index contributed by atoms with van der Waals surface area (Å²) < 4.78 is 19.2. The van der Waals surface area contributed by atoms with Crippen LogP contribution in [0.25, 0.3) is 0 Å². The summed E-state index contributed by atoms with van der Waals surface area (Å²) >= 11 is 0. The van der Waals surface area contributed by atoms with Crippen molar-refractivity contribution in [1.29, 1.82) is 0 Å². The molecule has 1 heterocycles. The summed E-state index contributed by atoms with van der Waals surface area (Å²) in [6, 6.07) is 12.5. The number of carbonyl (C=O) groups excluding carboxylic acids is 3. The number of hydrogen-bond donors (Lipinski definition) is 2. The third-order valence-corrected chi connectivity index (χ3v) is 4.37. The molecule has 0 aliphatic carbocycles. The minimum absolute atomic E-state index is 0.00185. The highest BCUT2D eigenvalue weighted by Gasteiger charge is 2.36. The highest BCUT2D eigenvalue weighted by atomic mass is 19.1. The van der Waals surface area contributed by atoms with E-state index in [0.29, 0.717) is 18.0 Å². The van der Waals surface area contributed by atoms with Crippen molar-refractivity contribution in [3.05, 3.63) is 59.9 Å². The Kier molecular flexibility index (Phi) is 5.88. The number of hydrazine groups is 1. The Bertz CT molecular complexity index is 903. The summed E-state index contributed by atoms with van der Waals surface area (Å²) in [4.78, 5) is 38.3. The molecule has 0 radical (unpaired) electrons. The predicted molar refractivity (Wildman–Crippen MR) is 100 cm³/mol. The fourth-order valence-corrected chi connectivity index (χ4v) is 3.01. The Morgan fingerprint density at radius 2 is 1.86 bits per heavy atom. The summed E-state index contributed by atoms with van der Waals surface area (Å²) in [7, 11) is 0. The van der Waals surface area contributed by atoms with E-state index in [2.05, 4.69) is 10.9 Å². The van der Waals surface area contributed by atoms with E-state index in [-0.39, 0.29) is 24.4 Å². The second-order valence-electron chi connectivity index (χ2n) is 6.23. The van der Waals surface area contributed by atoms with Crippen molar-refractivity contribution in [2.75, 3.05) is 18.1 Å². The van der Waals surface area contributed by atoms with E-state index >= 15 is 0 Å². The van der Waals surface area contributed by atoms with Crippen LogP contribution in [0.4, 0.5) is 10.1 Å². The molecule has 8 heteroatoms. The summed E-state index contributed by atoms with van der Waals surface area (Å²) in [5.74, 6) is -2.28. The normalized spacial score (nSPS) is 16.0. The maximum Gasteiger partial charge on any atom is 0.272 e. The van der Waals surface area contributed by atoms with Crippen LogP contribution in [0.2, 0.25) is 0 Å². The minimum atomic E-state index is -0.769. The summed E-state index contributed by atoms with van der Waals surface area (Å²) in [6.45, 7) is 2.45. The summed E-state index contributed by atoms with van der Waals surface area (Å²) in [6.07, 6.45) is 0.00185. The zero-order valence-electron chi connectivity index (χ0n) is 15.3. The van der Waals surface area contributed by atoms with Crippen molar-refractivity contribution >= 4 is 23.4 Å². The Morgan fingerprint density at radius 1 is 1.14 bits per heavy atom. The Labute approximate surface area is 161 Å². The smallest absolute Gasteiger partial charge is 0.272 e. The van der Waals surface area contributed by atoms with Crippen LogP contribution < -0.4 is 20.5 Å². The molecule has 0 bridgehead atoms. The number of carbonyl (C=O) groups is 3. The summed E-state index contributed by atoms with van der Waals surface area (Å²) in [5, 5.41) is 0. The summed E-state index contributed by atoms with van der Waals surface area (Å²) in [5.41, 5.74) is 4.87. The third kappa shape index (κ3) is 4.11. The van der Waals surface area contributed by atoms with Gasteiger partial charge in [0.1, 0.15) is 11.6 Å². The van der Waals surface area contributed by atoms with E-state index < -0.39 is 23.5 Å². The van der Waals surface area contributed by atoms with Crippen molar-refractivity contribution in [3.8, 4) is 5.75 Å². The maximum atomic E-state index is 13.6. The van der Waals surface area contributed by atoms with Gasteiger partial charge in [-0.1, -0.05) is 24.3 Å². The molecular formula is C20H20FN3O4. The number of amides is 3. The zero-order valence-corrected chi connectivity index (χ0v) is 15.3. The number of ether oxygens (including phenoxy) is 1. The molecule has 2 aromatic rings. The molecule has 7 nitrogen and oxygen atoms in total. The lowest BCUT2D eigenvalue weighted by Crippen LogP contribution is -2.45. The fourth-order valence-electron chi connectivity index (χ4n) is 3.01. The van der Waals surface area contributed by atoms with Crippen LogP contribution in [0, 0.1) is 11.7 Å². The zero-order chi connectivity index (χ0) is 20.1. The molecule has 0 spiro atoms. The van der Waals surface area contributed by atoms with E-state index in [4.69, 9.17) is 4.74 Å². The number of nitrogens with one attached hydrogen (secondary N) is 2. The quantitative estimate of drug-likeness (QED) is 0.771. The Morgan fingerprint density at radius 3 is 2.61 bits per heavy atom. The second-order valence-corrected chi connectivity index (χ2v) is 6.23. The molecule has 3 rings (SSSR count). The molecule has 2 N–H and O–H groups in total. The van der Waals surface area contributed by atoms with E-state index in [9.17, 15) is 18.8 Å². The number of halogens is 1. The largest absolute Gasteiger partial charge is 0.492 e. The van der Waals surface area contributed by atoms with E-state index in [1.165, 1.54) is 23.1 Å². The molecule has 3 amide bonds. The van der Waals surface area contributed by atoms with Gasteiger partial charge in [0, 0.05) is 13.0 Å². The minimum Gasteiger partial charge on any atom is -0.492 e. The fraction of sp³-hybridized carbons (Fsp3) is 0.250. The topological polar surface area (TPSA) is 87.7 Å². The molecule has 0 saturated carbocycles. The first-order valence-electron chi connectivity index (χ1n) is 8.88. The highest BCUT2D eigenvalue weighted by Crippen LogP contribution is 2.33. The van der Waals surface area contributed by atoms with Gasteiger partial charge in [-0.2, -0.15) is 0 Å². The van der Waals surface area contributed by atoms with Gasteiger partial charge in [0.2, 0.25) is 11.8 Å². The molecule has 0 aromatic heterocycles. The molecule has 1 aliphatic rings. The van der Waals surface area contributed by atoms with Crippen LogP contribution in [0.3, 0.4) is 0 Å². The standard InChI is InChI=1S/C20H20FN3O4/c1-2-28-17-10-6-5-9-16(17)24-12-13(11-18(24)25)19(26)22-23-20(27)14-7-3-4-8-15(14)21/h3-10,13H,2,11-12H2,1H3,(H,22,26)(H,23,27)/t13-/m1/s1. The van der Waals surface area contributed by atoms with Crippen LogP contribution in [-0.2, 0) is 9.59 Å². The number of rotatable bonds is 5. The van der Waals surface area contributed by atoms with Gasteiger partial charge in [0.25, 0.3) is 5.91 Å². The lowest BCUT2D eigenvalue weighted by atomic mass is 10.1. The Balaban J connectivity index is 1.63. The average molecular weight is 385 g/mol. The van der Waals surface area contributed by atoms with Crippen molar-refractivity contribution in [3.63, 3.8) is 0 Å². The van der Waals surface area contributed by atoms with Gasteiger partial charge in [-0.3, -0.25) is 25.2 Å². The molecule has 1 saturated heterocycles. The monoisotopic (exact) mass is 385 g/mol. The predicted octanol–water partition coefficient (Wildman–Crippen LogP) is 2.04. The van der Waals surface area contributed by atoms with Crippen molar-refractivity contribution in [2.45, 2.75) is 13.3 Å². The second kappa shape index (κ2) is 8.51. The first-order valence-corrected chi connectivity index (χ1v) is 8.88. The molecule has 1 atom stereocenters. The number of anilines is 1. The molecule has 28 heavy (non-hydrogen) atoms. The van der Waals surface area contributed by atoms with Crippen molar-refractivity contribution < 1.29 is 23.5 Å².